The highest BCUT2D eigenvalue weighted by molar-refractivity contribution is 9.11. The summed E-state index contributed by atoms with van der Waals surface area (Å²) < 4.78 is 0.999. The van der Waals surface area contributed by atoms with E-state index >= 15 is 0 Å². The van der Waals surface area contributed by atoms with Crippen molar-refractivity contribution < 1.29 is 9.69 Å². The Hall–Kier alpha value is -0.880. The molecule has 0 aliphatic carbocycles. The molecule has 0 unspecified atom stereocenters. The number of nitrogens with one attached hydrogen (secondary N) is 1. The van der Waals surface area contributed by atoms with Gasteiger partial charge in [0.1, 0.15) is 6.54 Å². The third-order valence-corrected chi connectivity index (χ3v) is 5.92. The predicted molar refractivity (Wildman–Crippen MR) is 93.8 cm³/mol. The summed E-state index contributed by atoms with van der Waals surface area (Å²) >= 11 is 11.1. The molecule has 2 heterocycles. The van der Waals surface area contributed by atoms with Crippen LogP contribution in [0.4, 0.5) is 0 Å². The summed E-state index contributed by atoms with van der Waals surface area (Å²) in [5, 5.41) is 0.831. The predicted octanol–water partition coefficient (Wildman–Crippen LogP) is 2.70. The van der Waals surface area contributed by atoms with Crippen LogP contribution < -0.4 is 4.90 Å². The standard InChI is InChI=1S/C16H16BrClN2OS/c17-15-6-5-14(22-15)16(21)20-9-7-19(8-10-20)11-12-3-1-2-4-13(12)18/h1-6H,7-11H2/p+1. The molecule has 1 aliphatic rings. The van der Waals surface area contributed by atoms with Gasteiger partial charge in [-0.25, -0.2) is 0 Å². The Balaban J connectivity index is 1.56. The Morgan fingerprint density at radius 1 is 1.23 bits per heavy atom. The highest BCUT2D eigenvalue weighted by Gasteiger charge is 2.25. The van der Waals surface area contributed by atoms with Crippen molar-refractivity contribution in [3.8, 4) is 0 Å². The molecule has 1 saturated heterocycles. The van der Waals surface area contributed by atoms with Gasteiger partial charge in [0.25, 0.3) is 5.91 Å². The first-order valence-electron chi connectivity index (χ1n) is 7.25. The number of carbonyl (C=O) groups excluding carboxylic acids is 1. The minimum Gasteiger partial charge on any atom is -0.328 e. The second-order valence-electron chi connectivity index (χ2n) is 5.41. The maximum atomic E-state index is 12.4. The fourth-order valence-electron chi connectivity index (χ4n) is 2.70. The Kier molecular flexibility index (Phi) is 5.18. The maximum absolute atomic E-state index is 12.4. The van der Waals surface area contributed by atoms with Crippen LogP contribution in [0.3, 0.4) is 0 Å². The number of benzene rings is 1. The summed E-state index contributed by atoms with van der Waals surface area (Å²) in [6, 6.07) is 11.8. The van der Waals surface area contributed by atoms with Gasteiger partial charge in [0.05, 0.1) is 34.8 Å². The SMILES string of the molecule is O=C(c1ccc(Br)s1)N1CC[NH+](Cc2ccccc2Cl)CC1. The fraction of sp³-hybridized carbons (Fsp3) is 0.312. The van der Waals surface area contributed by atoms with Crippen LogP contribution in [0.15, 0.2) is 40.2 Å². The van der Waals surface area contributed by atoms with Gasteiger partial charge < -0.3 is 9.80 Å². The second kappa shape index (κ2) is 7.13. The van der Waals surface area contributed by atoms with Crippen molar-refractivity contribution in [3.63, 3.8) is 0 Å². The summed E-state index contributed by atoms with van der Waals surface area (Å²) in [7, 11) is 0. The van der Waals surface area contributed by atoms with E-state index in [9.17, 15) is 4.79 Å². The van der Waals surface area contributed by atoms with Crippen molar-refractivity contribution in [3.05, 3.63) is 55.6 Å². The van der Waals surface area contributed by atoms with E-state index in [-0.39, 0.29) is 5.91 Å². The Bertz CT molecular complexity index is 668. The first-order valence-corrected chi connectivity index (χ1v) is 9.24. The third kappa shape index (κ3) is 3.71. The maximum Gasteiger partial charge on any atom is 0.264 e. The van der Waals surface area contributed by atoms with Crippen LogP contribution in [0.1, 0.15) is 15.2 Å². The second-order valence-corrected chi connectivity index (χ2v) is 8.28. The molecule has 1 amide bonds. The molecule has 1 fully saturated rings. The van der Waals surface area contributed by atoms with Crippen LogP contribution in [-0.4, -0.2) is 37.0 Å². The molecular formula is C16H17BrClN2OS+. The number of piperazine rings is 1. The number of thiophene rings is 1. The molecular weight excluding hydrogens is 384 g/mol. The normalized spacial score (nSPS) is 16.0. The molecule has 116 valence electrons. The minimum atomic E-state index is 0.146. The first-order chi connectivity index (χ1) is 10.6. The van der Waals surface area contributed by atoms with Crippen LogP contribution in [0.5, 0.6) is 0 Å². The largest absolute Gasteiger partial charge is 0.328 e. The van der Waals surface area contributed by atoms with Gasteiger partial charge in [0, 0.05) is 10.6 Å². The number of quaternary nitrogens is 1. The lowest BCUT2D eigenvalue weighted by atomic mass is 10.2. The zero-order valence-corrected chi connectivity index (χ0v) is 15.2. The molecule has 0 atom stereocenters. The molecule has 1 aliphatic heterocycles. The van der Waals surface area contributed by atoms with E-state index in [1.807, 2.05) is 35.2 Å². The monoisotopic (exact) mass is 399 g/mol. The molecule has 2 aromatic rings. The third-order valence-electron chi connectivity index (χ3n) is 3.94. The van der Waals surface area contributed by atoms with Gasteiger partial charge in [-0.15, -0.1) is 11.3 Å². The molecule has 1 N–H and O–H groups in total. The summed E-state index contributed by atoms with van der Waals surface area (Å²) in [5.41, 5.74) is 1.18. The number of nitrogens with zero attached hydrogens (tertiary/aromatic N) is 1. The highest BCUT2D eigenvalue weighted by Crippen LogP contribution is 2.23. The number of hydrogen-bond acceptors (Lipinski definition) is 2. The molecule has 6 heteroatoms. The quantitative estimate of drug-likeness (QED) is 0.842. The molecule has 0 radical (unpaired) electrons. The van der Waals surface area contributed by atoms with Crippen LogP contribution in [0.2, 0.25) is 5.02 Å². The van der Waals surface area contributed by atoms with E-state index in [0.29, 0.717) is 0 Å². The lowest BCUT2D eigenvalue weighted by molar-refractivity contribution is -0.917. The Morgan fingerprint density at radius 2 is 1.95 bits per heavy atom. The van der Waals surface area contributed by atoms with E-state index < -0.39 is 0 Å². The van der Waals surface area contributed by atoms with Crippen molar-refractivity contribution in [1.82, 2.24) is 4.90 Å². The van der Waals surface area contributed by atoms with Gasteiger partial charge in [-0.05, 0) is 34.1 Å². The smallest absolute Gasteiger partial charge is 0.264 e. The molecule has 0 spiro atoms. The summed E-state index contributed by atoms with van der Waals surface area (Å²) in [6.45, 7) is 4.45. The molecule has 3 nitrogen and oxygen atoms in total. The van der Waals surface area contributed by atoms with Gasteiger partial charge in [0.2, 0.25) is 0 Å². The van der Waals surface area contributed by atoms with Gasteiger partial charge in [0.15, 0.2) is 0 Å². The molecule has 0 saturated carbocycles. The average Bonchev–Trinajstić information content (AvgIpc) is 2.96. The van der Waals surface area contributed by atoms with Gasteiger partial charge in [-0.3, -0.25) is 4.79 Å². The van der Waals surface area contributed by atoms with Crippen LogP contribution in [0.25, 0.3) is 0 Å². The molecule has 1 aromatic carbocycles. The minimum absolute atomic E-state index is 0.146. The van der Waals surface area contributed by atoms with Crippen molar-refractivity contribution in [2.24, 2.45) is 0 Å². The lowest BCUT2D eigenvalue weighted by Crippen LogP contribution is -3.13. The van der Waals surface area contributed by atoms with Gasteiger partial charge in [-0.2, -0.15) is 0 Å². The Labute approximate surface area is 147 Å². The van der Waals surface area contributed by atoms with Crippen molar-refractivity contribution >= 4 is 44.8 Å². The molecule has 3 rings (SSSR count). The molecule has 1 aromatic heterocycles. The van der Waals surface area contributed by atoms with E-state index in [1.165, 1.54) is 21.8 Å². The van der Waals surface area contributed by atoms with Crippen molar-refractivity contribution in [2.45, 2.75) is 6.54 Å². The summed E-state index contributed by atoms with van der Waals surface area (Å²) in [6.07, 6.45) is 0. The lowest BCUT2D eigenvalue weighted by Gasteiger charge is -2.32. The zero-order valence-electron chi connectivity index (χ0n) is 12.0. The van der Waals surface area contributed by atoms with E-state index in [0.717, 1.165) is 46.4 Å². The topological polar surface area (TPSA) is 24.8 Å². The Morgan fingerprint density at radius 3 is 2.59 bits per heavy atom. The number of rotatable bonds is 3. The number of carbonyl (C=O) groups is 1. The van der Waals surface area contributed by atoms with Gasteiger partial charge >= 0.3 is 0 Å². The number of amides is 1. The number of hydrogen-bond donors (Lipinski definition) is 1. The van der Waals surface area contributed by atoms with E-state index in [4.69, 9.17) is 11.6 Å². The van der Waals surface area contributed by atoms with Crippen LogP contribution in [-0.2, 0) is 6.54 Å². The highest BCUT2D eigenvalue weighted by atomic mass is 79.9. The summed E-state index contributed by atoms with van der Waals surface area (Å²) in [5.74, 6) is 0.146. The molecule has 22 heavy (non-hydrogen) atoms. The zero-order chi connectivity index (χ0) is 15.5. The van der Waals surface area contributed by atoms with Crippen molar-refractivity contribution in [1.29, 1.82) is 0 Å². The van der Waals surface area contributed by atoms with Gasteiger partial charge in [-0.1, -0.05) is 29.8 Å². The first kappa shape index (κ1) is 16.0. The fourth-order valence-corrected chi connectivity index (χ4v) is 4.26. The van der Waals surface area contributed by atoms with E-state index in [2.05, 4.69) is 22.0 Å². The van der Waals surface area contributed by atoms with E-state index in [1.54, 1.807) is 0 Å². The number of halogens is 2. The molecule has 0 bridgehead atoms. The average molecular weight is 401 g/mol. The van der Waals surface area contributed by atoms with Crippen LogP contribution >= 0.6 is 38.9 Å². The summed E-state index contributed by atoms with van der Waals surface area (Å²) in [4.78, 5) is 16.7. The van der Waals surface area contributed by atoms with Crippen LogP contribution in [0, 0.1) is 0 Å². The van der Waals surface area contributed by atoms with Crippen molar-refractivity contribution in [2.75, 3.05) is 26.2 Å².